The van der Waals surface area contributed by atoms with Gasteiger partial charge in [-0.1, -0.05) is 12.1 Å². The Balaban J connectivity index is 1.65. The van der Waals surface area contributed by atoms with Gasteiger partial charge < -0.3 is 9.47 Å². The van der Waals surface area contributed by atoms with E-state index < -0.39 is 6.72 Å². The maximum absolute atomic E-state index is 5.99. The average Bonchev–Trinajstić information content (AvgIpc) is 3.17. The Hall–Kier alpha value is 0.352. The van der Waals surface area contributed by atoms with Crippen molar-refractivity contribution >= 4 is 44.7 Å². The Labute approximate surface area is 188 Å². The van der Waals surface area contributed by atoms with Crippen molar-refractivity contribution in [2.24, 2.45) is 0 Å². The quantitative estimate of drug-likeness (QED) is 0.188. The molecule has 10 heteroatoms. The minimum Gasteiger partial charge on any atom is -0.0503 e. The van der Waals surface area contributed by atoms with E-state index in [-0.39, 0.29) is 18.5 Å². The van der Waals surface area contributed by atoms with Crippen molar-refractivity contribution in [1.82, 2.24) is 0 Å². The zero-order valence-electron chi connectivity index (χ0n) is 16.6. The van der Waals surface area contributed by atoms with Crippen molar-refractivity contribution < 1.29 is 30.5 Å². The number of methoxy groups -OCH3 is 1. The van der Waals surface area contributed by atoms with Crippen LogP contribution in [-0.2, 0) is 37.5 Å². The minimum absolute atomic E-state index is 0.0838. The Morgan fingerprint density at radius 2 is 2.00 bits per heavy atom. The smallest absolute Gasteiger partial charge is 0.0503 e. The maximum atomic E-state index is 5.99. The molecule has 1 fully saturated rings. The molecular weight excluding hydrogens is 596 g/mol. The molecule has 1 heterocycles. The Bertz CT molecular complexity index is 618. The first-order valence-corrected chi connectivity index (χ1v) is 13.6. The third-order valence-electron chi connectivity index (χ3n) is 4.17. The van der Waals surface area contributed by atoms with E-state index in [9.17, 15) is 0 Å². The standard InChI is InChI=1S/C18H28O7PS.Tl/c1-14(12-19)25-26(27,21-3)23-11-5-4-6-17-13-22-18(24-17)15-7-9-16(20-2)10-8-15;/h7-10,14,17-18H,4-6,11-13H2,1-3H3;/q-1;+1. The first-order valence-electron chi connectivity index (χ1n) is 9.21. The molecule has 0 amide bonds. The molecule has 0 radical (unpaired) electrons. The third kappa shape index (κ3) is 8.23. The molecule has 7 nitrogen and oxygen atoms in total. The number of ether oxygens (including phenoxy) is 3. The predicted molar refractivity (Wildman–Crippen MR) is 110 cm³/mol. The first-order chi connectivity index (χ1) is 13.5. The molecule has 0 aliphatic carbocycles. The summed E-state index contributed by atoms with van der Waals surface area (Å²) in [5.74, 6) is 0.817. The molecule has 0 spiro atoms. The number of hydrogen-bond acceptors (Lipinski definition) is 8. The summed E-state index contributed by atoms with van der Waals surface area (Å²) in [5, 5.41) is 0. The van der Waals surface area contributed by atoms with Crippen molar-refractivity contribution in [3.63, 3.8) is 0 Å². The summed E-state index contributed by atoms with van der Waals surface area (Å²) in [5.41, 5.74) is 0.998. The number of rotatable bonds is 13. The molecule has 0 saturated carbocycles. The topological polar surface area (TPSA) is 64.6 Å². The van der Waals surface area contributed by atoms with Crippen LogP contribution in [0, 0.1) is 0 Å². The van der Waals surface area contributed by atoms with E-state index in [1.807, 2.05) is 31.2 Å². The molecule has 4 unspecified atom stereocenters. The van der Waals surface area contributed by atoms with Crippen LogP contribution in [0.15, 0.2) is 24.3 Å². The Kier molecular flexibility index (Phi) is 11.4. The SMILES string of the molecule is COc1ccc(C2OCC(CCCCOP(=S)(OC)OC(C)C[O][Tl])O2)cc1. The zero-order chi connectivity index (χ0) is 20.4. The molecule has 1 aliphatic rings. The third-order valence-corrected chi connectivity index (χ3v) is 7.50. The molecule has 156 valence electrons. The van der Waals surface area contributed by atoms with E-state index in [2.05, 4.69) is 0 Å². The van der Waals surface area contributed by atoms with Gasteiger partial charge in [0.1, 0.15) is 5.75 Å². The summed E-state index contributed by atoms with van der Waals surface area (Å²) in [6.45, 7) is 0.810. The van der Waals surface area contributed by atoms with Crippen molar-refractivity contribution in [3.05, 3.63) is 29.8 Å². The van der Waals surface area contributed by atoms with Crippen LogP contribution in [0.3, 0.4) is 0 Å². The summed E-state index contributed by atoms with van der Waals surface area (Å²) in [6, 6.07) is 7.74. The van der Waals surface area contributed by atoms with E-state index in [1.165, 1.54) is 7.11 Å². The van der Waals surface area contributed by atoms with Gasteiger partial charge in [0.25, 0.3) is 0 Å². The van der Waals surface area contributed by atoms with E-state index in [1.54, 1.807) is 7.11 Å². The fourth-order valence-corrected chi connectivity index (χ4v) is 5.52. The van der Waals surface area contributed by atoms with Gasteiger partial charge in [0.15, 0.2) is 6.29 Å². The second-order valence-electron chi connectivity index (χ2n) is 6.40. The molecular formula is C18H28O7PSTl. The van der Waals surface area contributed by atoms with Gasteiger partial charge in [0.2, 0.25) is 0 Å². The summed E-state index contributed by atoms with van der Waals surface area (Å²) in [4.78, 5) is 0. The van der Waals surface area contributed by atoms with Gasteiger partial charge in [-0.3, -0.25) is 0 Å². The molecule has 28 heavy (non-hydrogen) atoms. The van der Waals surface area contributed by atoms with E-state index in [0.29, 0.717) is 46.0 Å². The van der Waals surface area contributed by atoms with Gasteiger partial charge in [-0.2, -0.15) is 0 Å². The summed E-state index contributed by atoms with van der Waals surface area (Å²) in [6.07, 6.45) is 2.34. The predicted octanol–water partition coefficient (Wildman–Crippen LogP) is 3.67. The number of hydrogen-bond donors (Lipinski definition) is 0. The normalized spacial score (nSPS) is 22.6. The van der Waals surface area contributed by atoms with Crippen molar-refractivity contribution in [1.29, 1.82) is 0 Å². The van der Waals surface area contributed by atoms with E-state index >= 15 is 0 Å². The number of benzene rings is 1. The van der Waals surface area contributed by atoms with Crippen molar-refractivity contribution in [2.75, 3.05) is 34.0 Å². The van der Waals surface area contributed by atoms with Crippen molar-refractivity contribution in [2.45, 2.75) is 44.7 Å². The second kappa shape index (κ2) is 12.9. The van der Waals surface area contributed by atoms with Crippen LogP contribution in [-0.4, -0.2) is 72.5 Å². The zero-order valence-corrected chi connectivity index (χ0v) is 22.8. The molecule has 0 N–H and O–H groups in total. The van der Waals surface area contributed by atoms with Gasteiger partial charge in [0.05, 0.1) is 7.11 Å². The van der Waals surface area contributed by atoms with Gasteiger partial charge in [-0.25, -0.2) is 0 Å². The minimum atomic E-state index is -2.70. The molecule has 0 bridgehead atoms. The Morgan fingerprint density at radius 1 is 1.25 bits per heavy atom. The van der Waals surface area contributed by atoms with Crippen LogP contribution in [0.5, 0.6) is 5.75 Å². The molecule has 1 aliphatic heterocycles. The summed E-state index contributed by atoms with van der Waals surface area (Å²) in [7, 11) is 3.18. The van der Waals surface area contributed by atoms with Crippen LogP contribution >= 0.6 is 6.72 Å². The van der Waals surface area contributed by atoms with E-state index in [4.69, 9.17) is 42.3 Å². The van der Waals surface area contributed by atoms with E-state index in [0.717, 1.165) is 30.6 Å². The molecule has 2 rings (SSSR count). The molecule has 1 aromatic carbocycles. The van der Waals surface area contributed by atoms with Crippen LogP contribution in [0.2, 0.25) is 0 Å². The van der Waals surface area contributed by atoms with Crippen LogP contribution in [0.1, 0.15) is 38.0 Å². The summed E-state index contributed by atoms with van der Waals surface area (Å²) >= 11 is 5.86. The molecule has 0 aromatic heterocycles. The van der Waals surface area contributed by atoms with Gasteiger partial charge >= 0.3 is 131 Å². The number of unbranched alkanes of at least 4 members (excludes halogenated alkanes) is 1. The van der Waals surface area contributed by atoms with Gasteiger partial charge in [0, 0.05) is 5.56 Å². The van der Waals surface area contributed by atoms with Crippen LogP contribution in [0.4, 0.5) is 0 Å². The van der Waals surface area contributed by atoms with Crippen LogP contribution < -0.4 is 4.74 Å². The van der Waals surface area contributed by atoms with Crippen LogP contribution in [0.25, 0.3) is 0 Å². The van der Waals surface area contributed by atoms with Gasteiger partial charge in [-0.15, -0.1) is 0 Å². The first kappa shape index (κ1) is 24.6. The fraction of sp³-hybridized carbons (Fsp3) is 0.667. The summed E-state index contributed by atoms with van der Waals surface area (Å²) < 4.78 is 38.9. The monoisotopic (exact) mass is 624 g/mol. The Morgan fingerprint density at radius 3 is 2.64 bits per heavy atom. The fourth-order valence-electron chi connectivity index (χ4n) is 2.70. The van der Waals surface area contributed by atoms with Gasteiger partial charge in [-0.05, 0) is 12.1 Å². The molecule has 4 atom stereocenters. The second-order valence-corrected chi connectivity index (χ2v) is 10.8. The molecule has 1 saturated heterocycles. The molecule has 1 aromatic rings. The van der Waals surface area contributed by atoms with Crippen molar-refractivity contribution in [3.8, 4) is 5.75 Å². The average molecular weight is 624 g/mol.